The van der Waals surface area contributed by atoms with Gasteiger partial charge in [-0.15, -0.1) is 0 Å². The van der Waals surface area contributed by atoms with Gasteiger partial charge in [0.1, 0.15) is 5.82 Å². The fraction of sp³-hybridized carbons (Fsp3) is 0.167. The zero-order valence-corrected chi connectivity index (χ0v) is 7.61. The van der Waals surface area contributed by atoms with E-state index in [2.05, 4.69) is 4.98 Å². The van der Waals surface area contributed by atoms with Gasteiger partial charge in [0.2, 0.25) is 0 Å². The van der Waals surface area contributed by atoms with Crippen LogP contribution in [0, 0.1) is 0 Å². The predicted molar refractivity (Wildman–Crippen MR) is 48.6 cm³/mol. The first kappa shape index (κ1) is 9.19. The van der Waals surface area contributed by atoms with Crippen molar-refractivity contribution >= 4 is 13.4 Å². The molecule has 4 N–H and O–H groups in total. The number of aromatic nitrogens is 1. The van der Waals surface area contributed by atoms with E-state index in [1.54, 1.807) is 31.4 Å². The lowest BCUT2D eigenvalue weighted by Crippen LogP contribution is -2.25. The molecule has 0 spiro atoms. The lowest BCUT2D eigenvalue weighted by Gasteiger charge is -2.20. The van der Waals surface area contributed by atoms with Crippen LogP contribution in [0.25, 0.3) is 0 Å². The van der Waals surface area contributed by atoms with Gasteiger partial charge in [-0.2, -0.15) is 0 Å². The van der Waals surface area contributed by atoms with E-state index in [9.17, 15) is 4.57 Å². The van der Waals surface area contributed by atoms with E-state index in [1.807, 2.05) is 0 Å². The molecular formula is C6H11N4OP. The van der Waals surface area contributed by atoms with Crippen molar-refractivity contribution in [1.82, 2.24) is 4.98 Å². The topological polar surface area (TPSA) is 85.2 Å². The normalized spacial score (nSPS) is 11.2. The van der Waals surface area contributed by atoms with Gasteiger partial charge in [0, 0.05) is 13.2 Å². The minimum atomic E-state index is -3.21. The van der Waals surface area contributed by atoms with Crippen molar-refractivity contribution in [3.63, 3.8) is 0 Å². The van der Waals surface area contributed by atoms with Crippen LogP contribution in [0.3, 0.4) is 0 Å². The van der Waals surface area contributed by atoms with Crippen molar-refractivity contribution in [2.75, 3.05) is 11.7 Å². The molecule has 0 radical (unpaired) electrons. The van der Waals surface area contributed by atoms with Gasteiger partial charge in [-0.1, -0.05) is 6.07 Å². The van der Waals surface area contributed by atoms with Crippen molar-refractivity contribution in [3.8, 4) is 0 Å². The monoisotopic (exact) mass is 186 g/mol. The number of nitrogens with zero attached hydrogens (tertiary/aromatic N) is 2. The summed E-state index contributed by atoms with van der Waals surface area (Å²) in [5.74, 6) is 0.505. The minimum Gasteiger partial charge on any atom is -0.287 e. The van der Waals surface area contributed by atoms with E-state index in [1.165, 1.54) is 4.67 Å². The van der Waals surface area contributed by atoms with Gasteiger partial charge in [-0.25, -0.2) is 4.98 Å². The fourth-order valence-electron chi connectivity index (χ4n) is 0.705. The maximum absolute atomic E-state index is 11.2. The van der Waals surface area contributed by atoms with Crippen molar-refractivity contribution in [1.29, 1.82) is 0 Å². The molecule has 5 nitrogen and oxygen atoms in total. The Morgan fingerprint density at radius 1 is 1.50 bits per heavy atom. The van der Waals surface area contributed by atoms with E-state index in [0.29, 0.717) is 5.82 Å². The molecule has 1 heterocycles. The Morgan fingerprint density at radius 2 is 2.17 bits per heavy atom. The average molecular weight is 186 g/mol. The van der Waals surface area contributed by atoms with Gasteiger partial charge in [0.25, 0.3) is 0 Å². The van der Waals surface area contributed by atoms with Crippen LogP contribution in [-0.4, -0.2) is 12.0 Å². The molecule has 0 bridgehead atoms. The van der Waals surface area contributed by atoms with E-state index in [-0.39, 0.29) is 0 Å². The summed E-state index contributed by atoms with van der Waals surface area (Å²) in [6.07, 6.45) is 1.58. The van der Waals surface area contributed by atoms with Crippen LogP contribution in [0.5, 0.6) is 0 Å². The second kappa shape index (κ2) is 3.23. The Kier molecular flexibility index (Phi) is 2.47. The number of hydrogen-bond donors (Lipinski definition) is 2. The zero-order valence-electron chi connectivity index (χ0n) is 6.71. The lowest BCUT2D eigenvalue weighted by molar-refractivity contribution is 0.575. The van der Waals surface area contributed by atoms with Crippen molar-refractivity contribution < 1.29 is 4.57 Å². The standard InChI is InChI=1S/C6H11N4OP/c1-10(12(7,8)11)6-4-2-3-5-9-6/h2-5H,1H3,(H4,7,8,11). The molecule has 1 aromatic heterocycles. The fourth-order valence-corrected chi connectivity index (χ4v) is 1.14. The summed E-state index contributed by atoms with van der Waals surface area (Å²) in [6, 6.07) is 5.22. The summed E-state index contributed by atoms with van der Waals surface area (Å²) in [4.78, 5) is 3.94. The molecule has 0 saturated carbocycles. The molecule has 0 aliphatic carbocycles. The summed E-state index contributed by atoms with van der Waals surface area (Å²) < 4.78 is 12.4. The van der Waals surface area contributed by atoms with E-state index >= 15 is 0 Å². The van der Waals surface area contributed by atoms with Crippen LogP contribution < -0.4 is 15.7 Å². The first-order valence-electron chi connectivity index (χ1n) is 3.34. The third-order valence-corrected chi connectivity index (χ3v) is 2.59. The molecule has 0 saturated heterocycles. The summed E-state index contributed by atoms with van der Waals surface area (Å²) in [5.41, 5.74) is 10.5. The van der Waals surface area contributed by atoms with E-state index < -0.39 is 7.59 Å². The Labute approximate surface area is 70.9 Å². The molecule has 0 unspecified atom stereocenters. The molecular weight excluding hydrogens is 175 g/mol. The van der Waals surface area contributed by atoms with Crippen molar-refractivity contribution in [2.24, 2.45) is 11.0 Å². The van der Waals surface area contributed by atoms with Gasteiger partial charge in [-0.05, 0) is 12.1 Å². The molecule has 66 valence electrons. The maximum Gasteiger partial charge on any atom is 0.301 e. The molecule has 0 aliphatic rings. The molecule has 12 heavy (non-hydrogen) atoms. The first-order chi connectivity index (χ1) is 5.52. The molecule has 0 atom stereocenters. The molecule has 0 amide bonds. The lowest BCUT2D eigenvalue weighted by atomic mass is 10.5. The van der Waals surface area contributed by atoms with Crippen LogP contribution in [0.4, 0.5) is 5.82 Å². The van der Waals surface area contributed by atoms with Gasteiger partial charge in [-0.3, -0.25) is 20.2 Å². The molecule has 6 heteroatoms. The van der Waals surface area contributed by atoms with Gasteiger partial charge in [0.15, 0.2) is 0 Å². The third kappa shape index (κ3) is 2.04. The average Bonchev–Trinajstić information content (AvgIpc) is 2.03. The van der Waals surface area contributed by atoms with Crippen LogP contribution in [0.2, 0.25) is 0 Å². The van der Waals surface area contributed by atoms with Crippen LogP contribution in [-0.2, 0) is 4.57 Å². The highest BCUT2D eigenvalue weighted by Gasteiger charge is 2.16. The number of pyridine rings is 1. The van der Waals surface area contributed by atoms with Crippen LogP contribution in [0.1, 0.15) is 0 Å². The second-order valence-corrected chi connectivity index (χ2v) is 4.33. The van der Waals surface area contributed by atoms with Gasteiger partial charge >= 0.3 is 7.59 Å². The molecule has 0 fully saturated rings. The summed E-state index contributed by atoms with van der Waals surface area (Å²) >= 11 is 0. The quantitative estimate of drug-likeness (QED) is 0.658. The predicted octanol–water partition coefficient (Wildman–Crippen LogP) is 0.543. The number of hydrogen-bond acceptors (Lipinski definition) is 2. The first-order valence-corrected chi connectivity index (χ1v) is 5.14. The summed E-state index contributed by atoms with van der Waals surface area (Å²) in [7, 11) is -1.66. The SMILES string of the molecule is CN(c1ccccn1)P(N)(N)=O. The van der Waals surface area contributed by atoms with Crippen molar-refractivity contribution in [3.05, 3.63) is 24.4 Å². The summed E-state index contributed by atoms with van der Waals surface area (Å²) in [6.45, 7) is 0. The Hall–Kier alpha value is -0.900. The largest absolute Gasteiger partial charge is 0.301 e. The Bertz CT molecular complexity index is 296. The third-order valence-electron chi connectivity index (χ3n) is 1.45. The van der Waals surface area contributed by atoms with Crippen LogP contribution in [0.15, 0.2) is 24.4 Å². The molecule has 1 aromatic rings. The summed E-state index contributed by atoms with van der Waals surface area (Å²) in [5, 5.41) is 0. The highest BCUT2D eigenvalue weighted by atomic mass is 31.2. The van der Waals surface area contributed by atoms with Crippen molar-refractivity contribution in [2.45, 2.75) is 0 Å². The number of nitrogens with two attached hydrogens (primary N) is 2. The van der Waals surface area contributed by atoms with Gasteiger partial charge < -0.3 is 0 Å². The van der Waals surface area contributed by atoms with E-state index in [4.69, 9.17) is 11.0 Å². The zero-order chi connectivity index (χ0) is 9.19. The van der Waals surface area contributed by atoms with E-state index in [0.717, 1.165) is 0 Å². The minimum absolute atomic E-state index is 0.505. The Balaban J connectivity index is 2.94. The number of rotatable bonds is 2. The van der Waals surface area contributed by atoms with Gasteiger partial charge in [0.05, 0.1) is 0 Å². The second-order valence-electron chi connectivity index (χ2n) is 2.38. The number of anilines is 1. The smallest absolute Gasteiger partial charge is 0.287 e. The Morgan fingerprint density at radius 3 is 2.58 bits per heavy atom. The highest BCUT2D eigenvalue weighted by Crippen LogP contribution is 2.33. The molecule has 1 rings (SSSR count). The molecule has 0 aromatic carbocycles. The maximum atomic E-state index is 11.2. The molecule has 0 aliphatic heterocycles. The highest BCUT2D eigenvalue weighted by molar-refractivity contribution is 7.60. The van der Waals surface area contributed by atoms with Crippen LogP contribution >= 0.6 is 7.59 Å².